The predicted molar refractivity (Wildman–Crippen MR) is 71.4 cm³/mol. The first-order valence-electron chi connectivity index (χ1n) is 6.02. The Morgan fingerprint density at radius 3 is 2.05 bits per heavy atom. The van der Waals surface area contributed by atoms with E-state index in [1.807, 2.05) is 0 Å². The van der Waals surface area contributed by atoms with Gasteiger partial charge in [-0.15, -0.1) is 0 Å². The molecule has 0 bridgehead atoms. The van der Waals surface area contributed by atoms with Gasteiger partial charge in [-0.3, -0.25) is 4.79 Å². The summed E-state index contributed by atoms with van der Waals surface area (Å²) in [5.41, 5.74) is -0.591. The molecule has 0 aromatic heterocycles. The highest BCUT2D eigenvalue weighted by Crippen LogP contribution is 2.24. The Balaban J connectivity index is 4.39. The quantitative estimate of drug-likeness (QED) is 0.402. The third-order valence-electron chi connectivity index (χ3n) is 2.05. The maximum Gasteiger partial charge on any atom is 0.333 e. The first-order valence-corrected chi connectivity index (χ1v) is 6.02. The first kappa shape index (κ1) is 17.9. The Bertz CT molecular complexity index is 391. The number of hydrogen-bond donors (Lipinski definition) is 0. The summed E-state index contributed by atoms with van der Waals surface area (Å²) in [7, 11) is 0. The molecule has 0 fully saturated rings. The second-order valence-corrected chi connectivity index (χ2v) is 4.95. The Morgan fingerprint density at radius 1 is 1.05 bits per heavy atom. The van der Waals surface area contributed by atoms with E-state index in [1.54, 1.807) is 20.8 Å². The molecule has 0 amide bonds. The molecule has 0 aliphatic heterocycles. The van der Waals surface area contributed by atoms with Crippen LogP contribution in [0.15, 0.2) is 25.3 Å². The van der Waals surface area contributed by atoms with Gasteiger partial charge in [-0.05, 0) is 0 Å². The summed E-state index contributed by atoms with van der Waals surface area (Å²) in [6.45, 7) is 11.6. The van der Waals surface area contributed by atoms with Gasteiger partial charge in [-0.25, -0.2) is 9.59 Å². The second-order valence-electron chi connectivity index (χ2n) is 4.95. The average molecular weight is 284 g/mol. The monoisotopic (exact) mass is 284 g/mol. The van der Waals surface area contributed by atoms with Crippen LogP contribution in [0.2, 0.25) is 0 Å². The molecule has 0 saturated heterocycles. The Labute approximate surface area is 118 Å². The minimum absolute atomic E-state index is 0.129. The van der Waals surface area contributed by atoms with Crippen LogP contribution in [0.1, 0.15) is 27.2 Å². The molecule has 0 rings (SSSR count). The highest BCUT2D eigenvalue weighted by molar-refractivity contribution is 5.82. The lowest BCUT2D eigenvalue weighted by molar-refractivity contribution is -0.204. The summed E-state index contributed by atoms with van der Waals surface area (Å²) in [4.78, 5) is 33.6. The maximum absolute atomic E-state index is 11.6. The van der Waals surface area contributed by atoms with Crippen molar-refractivity contribution in [2.45, 2.75) is 33.5 Å². The van der Waals surface area contributed by atoms with Crippen molar-refractivity contribution >= 4 is 17.9 Å². The lowest BCUT2D eigenvalue weighted by atomic mass is 9.96. The van der Waals surface area contributed by atoms with E-state index in [0.29, 0.717) is 0 Å². The molecule has 0 N–H and O–H groups in total. The van der Waals surface area contributed by atoms with Crippen LogP contribution in [-0.4, -0.2) is 30.8 Å². The van der Waals surface area contributed by atoms with Crippen LogP contribution in [0, 0.1) is 5.41 Å². The highest BCUT2D eigenvalue weighted by atomic mass is 16.7. The molecule has 1 unspecified atom stereocenters. The first-order chi connectivity index (χ1) is 9.20. The fourth-order valence-electron chi connectivity index (χ4n) is 1.00. The third kappa shape index (κ3) is 7.35. The summed E-state index contributed by atoms with van der Waals surface area (Å²) in [5.74, 6) is -1.95. The van der Waals surface area contributed by atoms with Crippen LogP contribution < -0.4 is 0 Å². The summed E-state index contributed by atoms with van der Waals surface area (Å²) >= 11 is 0. The largest absolute Gasteiger partial charge is 0.462 e. The number of esters is 3. The number of ether oxygens (including phenoxy) is 3. The molecular formula is C14H20O6. The van der Waals surface area contributed by atoms with Gasteiger partial charge in [0.05, 0.1) is 6.42 Å². The van der Waals surface area contributed by atoms with E-state index in [0.717, 1.165) is 12.2 Å². The SMILES string of the molecule is C=CC(=O)OCCC(=O)OC(OC(=O)C=C)C(C)(C)C. The van der Waals surface area contributed by atoms with E-state index >= 15 is 0 Å². The van der Waals surface area contributed by atoms with Crippen LogP contribution in [-0.2, 0) is 28.6 Å². The Hall–Kier alpha value is -2.11. The van der Waals surface area contributed by atoms with Crippen molar-refractivity contribution in [3.63, 3.8) is 0 Å². The van der Waals surface area contributed by atoms with Crippen molar-refractivity contribution in [2.75, 3.05) is 6.61 Å². The molecule has 6 nitrogen and oxygen atoms in total. The van der Waals surface area contributed by atoms with E-state index in [-0.39, 0.29) is 13.0 Å². The van der Waals surface area contributed by atoms with E-state index in [1.165, 1.54) is 0 Å². The zero-order chi connectivity index (χ0) is 15.8. The second kappa shape index (κ2) is 8.14. The highest BCUT2D eigenvalue weighted by Gasteiger charge is 2.31. The predicted octanol–water partition coefficient (Wildman–Crippen LogP) is 1.75. The summed E-state index contributed by atoms with van der Waals surface area (Å²) in [6, 6.07) is 0. The topological polar surface area (TPSA) is 78.9 Å². The zero-order valence-corrected chi connectivity index (χ0v) is 12.0. The molecular weight excluding hydrogens is 264 g/mol. The van der Waals surface area contributed by atoms with Crippen molar-refractivity contribution in [1.82, 2.24) is 0 Å². The van der Waals surface area contributed by atoms with Gasteiger partial charge in [0.15, 0.2) is 0 Å². The van der Waals surface area contributed by atoms with Crippen molar-refractivity contribution in [3.8, 4) is 0 Å². The van der Waals surface area contributed by atoms with E-state index < -0.39 is 29.6 Å². The average Bonchev–Trinajstić information content (AvgIpc) is 2.36. The minimum atomic E-state index is -1.05. The molecule has 0 aromatic carbocycles. The summed E-state index contributed by atoms with van der Waals surface area (Å²) in [5, 5.41) is 0. The molecule has 0 heterocycles. The van der Waals surface area contributed by atoms with Crippen LogP contribution in [0.4, 0.5) is 0 Å². The molecule has 6 heteroatoms. The van der Waals surface area contributed by atoms with Gasteiger partial charge in [0, 0.05) is 17.6 Å². The Kier molecular flexibility index (Phi) is 7.28. The van der Waals surface area contributed by atoms with Gasteiger partial charge < -0.3 is 14.2 Å². The molecule has 0 aromatic rings. The Morgan fingerprint density at radius 2 is 1.60 bits per heavy atom. The molecule has 112 valence electrons. The third-order valence-corrected chi connectivity index (χ3v) is 2.05. The van der Waals surface area contributed by atoms with Gasteiger partial charge in [0.25, 0.3) is 6.29 Å². The van der Waals surface area contributed by atoms with Crippen molar-refractivity contribution < 1.29 is 28.6 Å². The van der Waals surface area contributed by atoms with Gasteiger partial charge in [0.2, 0.25) is 0 Å². The number of hydrogen-bond acceptors (Lipinski definition) is 6. The van der Waals surface area contributed by atoms with E-state index in [9.17, 15) is 14.4 Å². The van der Waals surface area contributed by atoms with Crippen molar-refractivity contribution in [2.24, 2.45) is 5.41 Å². The fourth-order valence-corrected chi connectivity index (χ4v) is 1.00. The molecule has 20 heavy (non-hydrogen) atoms. The van der Waals surface area contributed by atoms with Crippen LogP contribution in [0.25, 0.3) is 0 Å². The minimum Gasteiger partial charge on any atom is -0.462 e. The number of carbonyl (C=O) groups is 3. The van der Waals surface area contributed by atoms with Crippen LogP contribution >= 0.6 is 0 Å². The maximum atomic E-state index is 11.6. The fraction of sp³-hybridized carbons (Fsp3) is 0.500. The lowest BCUT2D eigenvalue weighted by Crippen LogP contribution is -2.36. The zero-order valence-electron chi connectivity index (χ0n) is 12.0. The van der Waals surface area contributed by atoms with E-state index in [2.05, 4.69) is 17.9 Å². The smallest absolute Gasteiger partial charge is 0.333 e. The normalized spacial score (nSPS) is 11.9. The van der Waals surface area contributed by atoms with E-state index in [4.69, 9.17) is 9.47 Å². The molecule has 0 spiro atoms. The molecule has 0 radical (unpaired) electrons. The summed E-state index contributed by atoms with van der Waals surface area (Å²) in [6.07, 6.45) is 0.793. The summed E-state index contributed by atoms with van der Waals surface area (Å²) < 4.78 is 14.7. The van der Waals surface area contributed by atoms with Gasteiger partial charge in [0.1, 0.15) is 6.61 Å². The van der Waals surface area contributed by atoms with Gasteiger partial charge in [-0.1, -0.05) is 33.9 Å². The molecule has 0 aliphatic carbocycles. The molecule has 0 saturated carbocycles. The number of carbonyl (C=O) groups excluding carboxylic acids is 3. The number of rotatable bonds is 7. The van der Waals surface area contributed by atoms with Gasteiger partial charge in [-0.2, -0.15) is 0 Å². The van der Waals surface area contributed by atoms with Crippen molar-refractivity contribution in [3.05, 3.63) is 25.3 Å². The molecule has 1 atom stereocenters. The standard InChI is InChI=1S/C14H20O6/c1-6-10(15)18-9-8-12(17)20-13(14(3,4)5)19-11(16)7-2/h6-7,13H,1-2,8-9H2,3-5H3. The van der Waals surface area contributed by atoms with Crippen LogP contribution in [0.5, 0.6) is 0 Å². The van der Waals surface area contributed by atoms with Crippen molar-refractivity contribution in [1.29, 1.82) is 0 Å². The molecule has 0 aliphatic rings. The van der Waals surface area contributed by atoms with Crippen LogP contribution in [0.3, 0.4) is 0 Å². The lowest BCUT2D eigenvalue weighted by Gasteiger charge is -2.29. The van der Waals surface area contributed by atoms with Gasteiger partial charge >= 0.3 is 17.9 Å².